The van der Waals surface area contributed by atoms with Crippen LogP contribution in [0.3, 0.4) is 0 Å². The summed E-state index contributed by atoms with van der Waals surface area (Å²) in [5, 5.41) is 10.6. The standard InChI is InChI=1S/C16H21F2NO/c17-14-5-4-12(9-15(14)18)10-19-8-7-16(20)6-2-1-3-13(16)11-19/h4-5,9,13,20H,1-3,6-8,10-11H2. The number of halogens is 2. The molecule has 0 spiro atoms. The number of benzene rings is 1. The molecule has 1 aliphatic carbocycles. The average molecular weight is 281 g/mol. The first-order valence-electron chi connectivity index (χ1n) is 7.45. The van der Waals surface area contributed by atoms with Crippen LogP contribution in [0.4, 0.5) is 8.78 Å². The van der Waals surface area contributed by atoms with Crippen LogP contribution in [0.1, 0.15) is 37.7 Å². The monoisotopic (exact) mass is 281 g/mol. The van der Waals surface area contributed by atoms with Gasteiger partial charge in [-0.25, -0.2) is 8.78 Å². The van der Waals surface area contributed by atoms with Crippen LogP contribution >= 0.6 is 0 Å². The lowest BCUT2D eigenvalue weighted by Gasteiger charge is -2.47. The van der Waals surface area contributed by atoms with Gasteiger partial charge in [0.1, 0.15) is 0 Å². The van der Waals surface area contributed by atoms with E-state index in [1.165, 1.54) is 18.6 Å². The molecule has 1 aromatic carbocycles. The largest absolute Gasteiger partial charge is 0.390 e. The van der Waals surface area contributed by atoms with Crippen molar-refractivity contribution in [1.29, 1.82) is 0 Å². The van der Waals surface area contributed by atoms with Crippen LogP contribution in [0.15, 0.2) is 18.2 Å². The van der Waals surface area contributed by atoms with Gasteiger partial charge in [-0.1, -0.05) is 18.9 Å². The molecule has 3 rings (SSSR count). The van der Waals surface area contributed by atoms with E-state index >= 15 is 0 Å². The summed E-state index contributed by atoms with van der Waals surface area (Å²) >= 11 is 0. The fraction of sp³-hybridized carbons (Fsp3) is 0.625. The third-order valence-corrected chi connectivity index (χ3v) is 4.90. The highest BCUT2D eigenvalue weighted by molar-refractivity contribution is 5.18. The van der Waals surface area contributed by atoms with Crippen LogP contribution in [0, 0.1) is 17.6 Å². The lowest BCUT2D eigenvalue weighted by molar-refractivity contribution is -0.0968. The van der Waals surface area contributed by atoms with Crippen molar-refractivity contribution in [3.63, 3.8) is 0 Å². The molecule has 2 fully saturated rings. The van der Waals surface area contributed by atoms with E-state index in [9.17, 15) is 13.9 Å². The Morgan fingerprint density at radius 3 is 2.85 bits per heavy atom. The molecule has 2 unspecified atom stereocenters. The number of nitrogens with zero attached hydrogens (tertiary/aromatic N) is 1. The molecule has 2 nitrogen and oxygen atoms in total. The molecule has 110 valence electrons. The Hall–Kier alpha value is -1.00. The van der Waals surface area contributed by atoms with E-state index < -0.39 is 17.2 Å². The first-order valence-corrected chi connectivity index (χ1v) is 7.45. The van der Waals surface area contributed by atoms with E-state index in [0.29, 0.717) is 12.5 Å². The number of hydrogen-bond donors (Lipinski definition) is 1. The molecule has 1 saturated carbocycles. The molecule has 1 saturated heterocycles. The molecule has 1 aromatic rings. The van der Waals surface area contributed by atoms with Gasteiger partial charge in [-0.2, -0.15) is 0 Å². The highest BCUT2D eigenvalue weighted by atomic mass is 19.2. The Morgan fingerprint density at radius 1 is 1.20 bits per heavy atom. The number of piperidine rings is 1. The molecule has 2 atom stereocenters. The van der Waals surface area contributed by atoms with Crippen LogP contribution < -0.4 is 0 Å². The molecule has 4 heteroatoms. The van der Waals surface area contributed by atoms with Crippen LogP contribution in [-0.2, 0) is 6.54 Å². The molecule has 0 bridgehead atoms. The molecule has 0 aromatic heterocycles. The van der Waals surface area contributed by atoms with Crippen LogP contribution in [0.2, 0.25) is 0 Å². The van der Waals surface area contributed by atoms with E-state index in [1.54, 1.807) is 6.07 Å². The van der Waals surface area contributed by atoms with Gasteiger partial charge in [0.2, 0.25) is 0 Å². The van der Waals surface area contributed by atoms with E-state index in [4.69, 9.17) is 0 Å². The molecule has 1 aliphatic heterocycles. The number of hydrogen-bond acceptors (Lipinski definition) is 2. The van der Waals surface area contributed by atoms with Crippen molar-refractivity contribution in [2.75, 3.05) is 13.1 Å². The van der Waals surface area contributed by atoms with Crippen LogP contribution in [-0.4, -0.2) is 28.7 Å². The van der Waals surface area contributed by atoms with Crippen LogP contribution in [0.25, 0.3) is 0 Å². The van der Waals surface area contributed by atoms with E-state index in [0.717, 1.165) is 44.3 Å². The summed E-state index contributed by atoms with van der Waals surface area (Å²) in [6, 6.07) is 4.10. The van der Waals surface area contributed by atoms with Gasteiger partial charge in [-0.15, -0.1) is 0 Å². The number of aliphatic hydroxyl groups is 1. The van der Waals surface area contributed by atoms with Gasteiger partial charge in [-0.3, -0.25) is 4.90 Å². The van der Waals surface area contributed by atoms with E-state index in [2.05, 4.69) is 4.90 Å². The maximum atomic E-state index is 13.2. The highest BCUT2D eigenvalue weighted by Crippen LogP contribution is 2.40. The fourth-order valence-corrected chi connectivity index (χ4v) is 3.68. The fourth-order valence-electron chi connectivity index (χ4n) is 3.68. The molecule has 1 N–H and O–H groups in total. The summed E-state index contributed by atoms with van der Waals surface area (Å²) < 4.78 is 26.2. The highest BCUT2D eigenvalue weighted by Gasteiger charge is 2.42. The van der Waals surface area contributed by atoms with Gasteiger partial charge in [-0.05, 0) is 37.0 Å². The van der Waals surface area contributed by atoms with Crippen molar-refractivity contribution >= 4 is 0 Å². The topological polar surface area (TPSA) is 23.5 Å². The summed E-state index contributed by atoms with van der Waals surface area (Å²) in [7, 11) is 0. The van der Waals surface area contributed by atoms with Crippen LogP contribution in [0.5, 0.6) is 0 Å². The first-order chi connectivity index (χ1) is 9.57. The summed E-state index contributed by atoms with van der Waals surface area (Å²) in [6.45, 7) is 2.31. The summed E-state index contributed by atoms with van der Waals surface area (Å²) in [5.74, 6) is -1.25. The maximum Gasteiger partial charge on any atom is 0.159 e. The summed E-state index contributed by atoms with van der Waals surface area (Å²) in [5.41, 5.74) is 0.313. The molecule has 0 radical (unpaired) electrons. The Kier molecular flexibility index (Phi) is 3.78. The van der Waals surface area contributed by atoms with Gasteiger partial charge in [0, 0.05) is 25.6 Å². The first kappa shape index (κ1) is 14.0. The molecule has 1 heterocycles. The van der Waals surface area contributed by atoms with Crippen molar-refractivity contribution in [1.82, 2.24) is 4.90 Å². The summed E-state index contributed by atoms with van der Waals surface area (Å²) in [4.78, 5) is 2.25. The van der Waals surface area contributed by atoms with E-state index in [1.807, 2.05) is 0 Å². The Balaban J connectivity index is 1.66. The second-order valence-corrected chi connectivity index (χ2v) is 6.28. The zero-order chi connectivity index (χ0) is 14.2. The molecule has 20 heavy (non-hydrogen) atoms. The Morgan fingerprint density at radius 2 is 2.05 bits per heavy atom. The number of likely N-dealkylation sites (tertiary alicyclic amines) is 1. The normalized spacial score (nSPS) is 31.1. The summed E-state index contributed by atoms with van der Waals surface area (Å²) in [6.07, 6.45) is 5.09. The predicted octanol–water partition coefficient (Wildman–Crippen LogP) is 3.09. The minimum absolute atomic E-state index is 0.329. The minimum atomic E-state index is -0.797. The molecule has 0 amide bonds. The third-order valence-electron chi connectivity index (χ3n) is 4.90. The van der Waals surface area contributed by atoms with Gasteiger partial charge < -0.3 is 5.11 Å². The zero-order valence-corrected chi connectivity index (χ0v) is 11.6. The Bertz CT molecular complexity index is 493. The second-order valence-electron chi connectivity index (χ2n) is 6.28. The number of fused-ring (bicyclic) bond motifs is 1. The lowest BCUT2D eigenvalue weighted by Crippen LogP contribution is -2.52. The maximum absolute atomic E-state index is 13.2. The van der Waals surface area contributed by atoms with Crippen molar-refractivity contribution in [2.24, 2.45) is 5.92 Å². The molecular weight excluding hydrogens is 260 g/mol. The molecular formula is C16H21F2NO. The van der Waals surface area contributed by atoms with Gasteiger partial charge in [0.15, 0.2) is 11.6 Å². The van der Waals surface area contributed by atoms with Gasteiger partial charge >= 0.3 is 0 Å². The van der Waals surface area contributed by atoms with Crippen molar-refractivity contribution in [3.05, 3.63) is 35.4 Å². The Labute approximate surface area is 118 Å². The van der Waals surface area contributed by atoms with Gasteiger partial charge in [0.05, 0.1) is 5.60 Å². The van der Waals surface area contributed by atoms with Gasteiger partial charge in [0.25, 0.3) is 0 Å². The third kappa shape index (κ3) is 2.72. The predicted molar refractivity (Wildman–Crippen MR) is 73.2 cm³/mol. The molecule has 2 aliphatic rings. The zero-order valence-electron chi connectivity index (χ0n) is 11.6. The average Bonchev–Trinajstić information content (AvgIpc) is 2.43. The van der Waals surface area contributed by atoms with Crippen molar-refractivity contribution < 1.29 is 13.9 Å². The minimum Gasteiger partial charge on any atom is -0.390 e. The quantitative estimate of drug-likeness (QED) is 0.900. The smallest absolute Gasteiger partial charge is 0.159 e. The SMILES string of the molecule is OC12CCCCC1CN(Cc1ccc(F)c(F)c1)CC2. The van der Waals surface area contributed by atoms with Crippen molar-refractivity contribution in [2.45, 2.75) is 44.2 Å². The van der Waals surface area contributed by atoms with E-state index in [-0.39, 0.29) is 0 Å². The second kappa shape index (κ2) is 5.41. The number of rotatable bonds is 2. The lowest BCUT2D eigenvalue weighted by atomic mass is 9.71. The van der Waals surface area contributed by atoms with Crippen molar-refractivity contribution in [3.8, 4) is 0 Å².